The Morgan fingerprint density at radius 1 is 1.23 bits per heavy atom. The molecule has 1 aromatic heterocycles. The van der Waals surface area contributed by atoms with Gasteiger partial charge in [0.1, 0.15) is 11.3 Å². The molecule has 0 aromatic carbocycles. The first kappa shape index (κ1) is 17.4. The molecule has 1 heterocycles. The van der Waals surface area contributed by atoms with Crippen LogP contribution in [0, 0.1) is 6.92 Å². The van der Waals surface area contributed by atoms with Gasteiger partial charge >= 0.3 is 5.97 Å². The van der Waals surface area contributed by atoms with Crippen LogP contribution in [0.1, 0.15) is 47.2 Å². The summed E-state index contributed by atoms with van der Waals surface area (Å²) in [4.78, 5) is 35.5. The highest BCUT2D eigenvalue weighted by Crippen LogP contribution is 2.28. The molecule has 0 bridgehead atoms. The van der Waals surface area contributed by atoms with Crippen molar-refractivity contribution in [1.29, 1.82) is 0 Å². The van der Waals surface area contributed by atoms with Gasteiger partial charge in [-0.2, -0.15) is 0 Å². The summed E-state index contributed by atoms with van der Waals surface area (Å²) < 4.78 is 10.3. The van der Waals surface area contributed by atoms with Crippen LogP contribution in [0.2, 0.25) is 0 Å². The molecule has 0 spiro atoms. The zero-order valence-corrected chi connectivity index (χ0v) is 13.1. The van der Waals surface area contributed by atoms with E-state index in [-0.39, 0.29) is 35.2 Å². The number of hydrogen-bond acceptors (Lipinski definition) is 5. The van der Waals surface area contributed by atoms with Gasteiger partial charge < -0.3 is 9.15 Å². The number of hydrogen-bond donors (Lipinski definition) is 1. The highest BCUT2D eigenvalue weighted by molar-refractivity contribution is 6.11. The Labute approximate surface area is 128 Å². The van der Waals surface area contributed by atoms with E-state index >= 15 is 0 Å². The van der Waals surface area contributed by atoms with Gasteiger partial charge in [0.2, 0.25) is 5.88 Å². The molecule has 1 aromatic rings. The van der Waals surface area contributed by atoms with Crippen molar-refractivity contribution < 1.29 is 23.5 Å². The smallest absolute Gasteiger partial charge is 0.344 e. The van der Waals surface area contributed by atoms with Crippen molar-refractivity contribution in [3.05, 3.63) is 41.2 Å². The Morgan fingerprint density at radius 2 is 1.91 bits per heavy atom. The number of Topliss-reactive ketones (excluding diaryl/α,β-unsaturated/α-hetero) is 1. The van der Waals surface area contributed by atoms with Crippen LogP contribution in [0.25, 0.3) is 0 Å². The molecule has 0 atom stereocenters. The van der Waals surface area contributed by atoms with E-state index in [2.05, 4.69) is 5.32 Å². The van der Waals surface area contributed by atoms with E-state index in [1.165, 1.54) is 13.0 Å². The third-order valence-electron chi connectivity index (χ3n) is 2.70. The Kier molecular flexibility index (Phi) is 6.31. The molecule has 1 N–H and O–H groups in total. The van der Waals surface area contributed by atoms with Crippen LogP contribution in [-0.4, -0.2) is 24.3 Å². The summed E-state index contributed by atoms with van der Waals surface area (Å²) in [6.45, 7) is 6.48. The normalized spacial score (nSPS) is 11.1. The van der Waals surface area contributed by atoms with Crippen molar-refractivity contribution >= 4 is 23.5 Å². The lowest BCUT2D eigenvalue weighted by atomic mass is 10.1. The number of anilines is 1. The first-order chi connectivity index (χ1) is 10.4. The minimum Gasteiger partial charge on any atom is -0.462 e. The molecule has 1 amide bonds. The molecule has 6 heteroatoms. The minimum absolute atomic E-state index is 0.0559. The number of ether oxygens (including phenoxy) is 1. The highest BCUT2D eigenvalue weighted by Gasteiger charge is 2.28. The standard InChI is InChI=1S/C16H19NO5/c1-5-7-8-9-12(19)17-15-14(16(20)21-6-2)13(10(3)18)11(4)22-15/h5,7-9H,6H2,1-4H3,(H,17,19)/b7-5+,9-8+. The molecule has 6 nitrogen and oxygen atoms in total. The summed E-state index contributed by atoms with van der Waals surface area (Å²) in [6, 6.07) is 0. The van der Waals surface area contributed by atoms with Gasteiger partial charge in [0.25, 0.3) is 5.91 Å². The topological polar surface area (TPSA) is 85.6 Å². The molecule has 0 aliphatic heterocycles. The maximum atomic E-state index is 12.0. The Balaban J connectivity index is 3.19. The number of carbonyl (C=O) groups excluding carboxylic acids is 3. The Bertz CT molecular complexity index is 637. The van der Waals surface area contributed by atoms with E-state index in [1.54, 1.807) is 32.1 Å². The maximum Gasteiger partial charge on any atom is 0.344 e. The summed E-state index contributed by atoms with van der Waals surface area (Å²) in [5.74, 6) is -1.36. The third-order valence-corrected chi connectivity index (χ3v) is 2.70. The summed E-state index contributed by atoms with van der Waals surface area (Å²) in [7, 11) is 0. The van der Waals surface area contributed by atoms with Crippen molar-refractivity contribution in [2.75, 3.05) is 11.9 Å². The molecule has 118 valence electrons. The largest absolute Gasteiger partial charge is 0.462 e. The molecule has 0 saturated heterocycles. The van der Waals surface area contributed by atoms with E-state index in [9.17, 15) is 14.4 Å². The van der Waals surface area contributed by atoms with E-state index < -0.39 is 11.9 Å². The number of aryl methyl sites for hydroxylation is 1. The van der Waals surface area contributed by atoms with Gasteiger partial charge in [0, 0.05) is 6.08 Å². The lowest BCUT2D eigenvalue weighted by Gasteiger charge is -2.04. The molecule has 22 heavy (non-hydrogen) atoms. The molecule has 0 aliphatic rings. The number of esters is 1. The SMILES string of the molecule is C/C=C/C=C/C(=O)Nc1oc(C)c(C(C)=O)c1C(=O)OCC. The lowest BCUT2D eigenvalue weighted by Crippen LogP contribution is -2.14. The van der Waals surface area contributed by atoms with Crippen LogP contribution in [0.4, 0.5) is 5.88 Å². The second kappa shape index (κ2) is 7.97. The van der Waals surface area contributed by atoms with Gasteiger partial charge in [-0.25, -0.2) is 4.79 Å². The number of ketones is 1. The zero-order chi connectivity index (χ0) is 16.7. The van der Waals surface area contributed by atoms with Crippen molar-refractivity contribution in [2.24, 2.45) is 0 Å². The van der Waals surface area contributed by atoms with Gasteiger partial charge in [-0.1, -0.05) is 18.2 Å². The number of carbonyl (C=O) groups is 3. The van der Waals surface area contributed by atoms with Crippen LogP contribution in [0.5, 0.6) is 0 Å². The summed E-state index contributed by atoms with van der Waals surface area (Å²) in [6.07, 6.45) is 6.26. The Hall–Kier alpha value is -2.63. The van der Waals surface area contributed by atoms with Crippen LogP contribution >= 0.6 is 0 Å². The van der Waals surface area contributed by atoms with Gasteiger partial charge in [0.05, 0.1) is 12.2 Å². The van der Waals surface area contributed by atoms with Crippen molar-refractivity contribution in [1.82, 2.24) is 0 Å². The van der Waals surface area contributed by atoms with Gasteiger partial charge in [0.15, 0.2) is 5.78 Å². The van der Waals surface area contributed by atoms with E-state index in [0.29, 0.717) is 0 Å². The van der Waals surface area contributed by atoms with Gasteiger partial charge in [-0.3, -0.25) is 14.9 Å². The van der Waals surface area contributed by atoms with E-state index in [4.69, 9.17) is 9.15 Å². The maximum absolute atomic E-state index is 12.0. The minimum atomic E-state index is -0.711. The van der Waals surface area contributed by atoms with Crippen LogP contribution in [-0.2, 0) is 9.53 Å². The van der Waals surface area contributed by atoms with Crippen LogP contribution in [0.3, 0.4) is 0 Å². The summed E-state index contributed by atoms with van der Waals surface area (Å²) >= 11 is 0. The molecular weight excluding hydrogens is 286 g/mol. The van der Waals surface area contributed by atoms with Crippen molar-refractivity contribution in [3.8, 4) is 0 Å². The molecule has 0 saturated carbocycles. The predicted octanol–water partition coefficient (Wildman–Crippen LogP) is 3.04. The molecule has 0 radical (unpaired) electrons. The average Bonchev–Trinajstić information content (AvgIpc) is 2.75. The van der Waals surface area contributed by atoms with Crippen LogP contribution in [0.15, 0.2) is 28.7 Å². The number of furan rings is 1. The predicted molar refractivity (Wildman–Crippen MR) is 82.0 cm³/mol. The fraction of sp³-hybridized carbons (Fsp3) is 0.312. The first-order valence-electron chi connectivity index (χ1n) is 6.84. The van der Waals surface area contributed by atoms with Crippen molar-refractivity contribution in [2.45, 2.75) is 27.7 Å². The van der Waals surface area contributed by atoms with Gasteiger partial charge in [-0.05, 0) is 27.7 Å². The Morgan fingerprint density at radius 3 is 2.45 bits per heavy atom. The van der Waals surface area contributed by atoms with Crippen molar-refractivity contribution in [3.63, 3.8) is 0 Å². The molecule has 0 aliphatic carbocycles. The molecule has 0 unspecified atom stereocenters. The highest BCUT2D eigenvalue weighted by atomic mass is 16.5. The van der Waals surface area contributed by atoms with E-state index in [1.807, 2.05) is 6.92 Å². The van der Waals surface area contributed by atoms with E-state index in [0.717, 1.165) is 0 Å². The third kappa shape index (κ3) is 4.18. The van der Waals surface area contributed by atoms with Gasteiger partial charge in [-0.15, -0.1) is 0 Å². The number of nitrogens with one attached hydrogen (secondary N) is 1. The first-order valence-corrected chi connectivity index (χ1v) is 6.84. The fourth-order valence-corrected chi connectivity index (χ4v) is 1.86. The summed E-state index contributed by atoms with van der Waals surface area (Å²) in [5, 5.41) is 2.45. The number of rotatable bonds is 6. The van der Waals surface area contributed by atoms with Crippen LogP contribution < -0.4 is 5.32 Å². The molecule has 0 fully saturated rings. The average molecular weight is 305 g/mol. The number of allylic oxidation sites excluding steroid dienone is 3. The fourth-order valence-electron chi connectivity index (χ4n) is 1.86. The summed E-state index contributed by atoms with van der Waals surface area (Å²) in [5.41, 5.74) is 0.0609. The lowest BCUT2D eigenvalue weighted by molar-refractivity contribution is -0.112. The monoisotopic (exact) mass is 305 g/mol. The molecular formula is C16H19NO5. The quantitative estimate of drug-likeness (QED) is 0.378. The molecule has 1 rings (SSSR count). The second-order valence-corrected chi connectivity index (χ2v) is 4.39. The number of amides is 1. The second-order valence-electron chi connectivity index (χ2n) is 4.39. The zero-order valence-electron chi connectivity index (χ0n) is 13.1.